The van der Waals surface area contributed by atoms with Gasteiger partial charge in [-0.15, -0.1) is 0 Å². The Morgan fingerprint density at radius 2 is 1.70 bits per heavy atom. The van der Waals surface area contributed by atoms with E-state index in [9.17, 15) is 9.59 Å². The van der Waals surface area contributed by atoms with Gasteiger partial charge in [0.25, 0.3) is 5.91 Å². The fraction of sp³-hybridized carbons (Fsp3) is 0.417. The van der Waals surface area contributed by atoms with Gasteiger partial charge in [0.2, 0.25) is 5.91 Å². The largest absolute Gasteiger partial charge is 0.495 e. The number of amides is 2. The van der Waals surface area contributed by atoms with Crippen LogP contribution in [-0.2, 0) is 4.79 Å². The Kier molecular flexibility index (Phi) is 8.69. The Bertz CT molecular complexity index is 1010. The second-order valence-electron chi connectivity index (χ2n) is 7.99. The van der Waals surface area contributed by atoms with Crippen LogP contribution in [0.15, 0.2) is 30.3 Å². The molecule has 33 heavy (non-hydrogen) atoms. The van der Waals surface area contributed by atoms with Crippen LogP contribution in [0.25, 0.3) is 0 Å². The lowest BCUT2D eigenvalue weighted by molar-refractivity contribution is -0.114. The zero-order chi connectivity index (χ0) is 24.0. The molecule has 7 nitrogen and oxygen atoms in total. The van der Waals surface area contributed by atoms with Crippen LogP contribution in [0.4, 0.5) is 11.4 Å². The van der Waals surface area contributed by atoms with E-state index in [4.69, 9.17) is 32.7 Å². The Balaban J connectivity index is 1.61. The lowest BCUT2D eigenvalue weighted by Gasteiger charge is -2.31. The monoisotopic (exact) mass is 493 g/mol. The fourth-order valence-corrected chi connectivity index (χ4v) is 4.45. The molecular formula is C24H29Cl2N3O4. The van der Waals surface area contributed by atoms with Crippen molar-refractivity contribution < 1.29 is 19.1 Å². The SMILES string of the molecule is COc1cc(NC(=O)CNc2ccc(C(=O)N(C)C3CCCCC3)c(Cl)c2)c(OC)cc1Cl. The molecule has 1 aliphatic carbocycles. The summed E-state index contributed by atoms with van der Waals surface area (Å²) in [5.74, 6) is 0.457. The predicted octanol–water partition coefficient (Wildman–Crippen LogP) is 5.47. The highest BCUT2D eigenvalue weighted by Gasteiger charge is 2.24. The van der Waals surface area contributed by atoms with E-state index in [1.807, 2.05) is 7.05 Å². The van der Waals surface area contributed by atoms with E-state index in [0.29, 0.717) is 38.5 Å². The minimum absolute atomic E-state index is 0.0142. The highest BCUT2D eigenvalue weighted by atomic mass is 35.5. The third-order valence-electron chi connectivity index (χ3n) is 5.84. The van der Waals surface area contributed by atoms with E-state index in [2.05, 4.69) is 10.6 Å². The summed E-state index contributed by atoms with van der Waals surface area (Å²) in [5.41, 5.74) is 1.53. The molecule has 0 bridgehead atoms. The minimum Gasteiger partial charge on any atom is -0.495 e. The highest BCUT2D eigenvalue weighted by Crippen LogP contribution is 2.36. The van der Waals surface area contributed by atoms with Crippen molar-refractivity contribution in [3.05, 3.63) is 45.9 Å². The number of carbonyl (C=O) groups is 2. The number of methoxy groups -OCH3 is 2. The Hall–Kier alpha value is -2.64. The van der Waals surface area contributed by atoms with Crippen molar-refractivity contribution in [3.8, 4) is 11.5 Å². The van der Waals surface area contributed by atoms with E-state index in [1.165, 1.54) is 20.6 Å². The van der Waals surface area contributed by atoms with Crippen LogP contribution in [0.1, 0.15) is 42.5 Å². The lowest BCUT2D eigenvalue weighted by atomic mass is 9.94. The molecule has 0 unspecified atom stereocenters. The number of rotatable bonds is 8. The number of benzene rings is 2. The molecule has 0 atom stereocenters. The number of hydrogen-bond acceptors (Lipinski definition) is 5. The third-order valence-corrected chi connectivity index (χ3v) is 6.45. The molecule has 0 aromatic heterocycles. The summed E-state index contributed by atoms with van der Waals surface area (Å²) in [5, 5.41) is 6.52. The normalized spacial score (nSPS) is 13.8. The zero-order valence-corrected chi connectivity index (χ0v) is 20.6. The van der Waals surface area contributed by atoms with Crippen molar-refractivity contribution in [2.75, 3.05) is 38.4 Å². The molecule has 0 saturated heterocycles. The van der Waals surface area contributed by atoms with Gasteiger partial charge in [-0.25, -0.2) is 0 Å². The van der Waals surface area contributed by atoms with E-state index >= 15 is 0 Å². The number of nitrogens with zero attached hydrogens (tertiary/aromatic N) is 1. The highest BCUT2D eigenvalue weighted by molar-refractivity contribution is 6.34. The fourth-order valence-electron chi connectivity index (χ4n) is 3.96. The smallest absolute Gasteiger partial charge is 0.255 e. The quantitative estimate of drug-likeness (QED) is 0.509. The Morgan fingerprint density at radius 3 is 2.33 bits per heavy atom. The second-order valence-corrected chi connectivity index (χ2v) is 8.81. The Labute approximate surface area is 204 Å². The van der Waals surface area contributed by atoms with Gasteiger partial charge in [-0.1, -0.05) is 42.5 Å². The first kappa shape index (κ1) is 25.0. The Morgan fingerprint density at radius 1 is 1.00 bits per heavy atom. The molecular weight excluding hydrogens is 465 g/mol. The van der Waals surface area contributed by atoms with E-state index < -0.39 is 0 Å². The van der Waals surface area contributed by atoms with E-state index in [1.54, 1.807) is 35.2 Å². The molecule has 2 aromatic rings. The van der Waals surface area contributed by atoms with Gasteiger partial charge < -0.3 is 25.0 Å². The number of carbonyl (C=O) groups excluding carboxylic acids is 2. The summed E-state index contributed by atoms with van der Waals surface area (Å²) >= 11 is 12.5. The molecule has 2 aromatic carbocycles. The second kappa shape index (κ2) is 11.5. The first-order valence-corrected chi connectivity index (χ1v) is 11.6. The maximum absolute atomic E-state index is 12.9. The summed E-state index contributed by atoms with van der Waals surface area (Å²) in [7, 11) is 4.82. The maximum Gasteiger partial charge on any atom is 0.255 e. The van der Waals surface area contributed by atoms with Crippen molar-refractivity contribution in [1.29, 1.82) is 0 Å². The average molecular weight is 494 g/mol. The first-order valence-electron chi connectivity index (χ1n) is 10.9. The van der Waals surface area contributed by atoms with Crippen LogP contribution < -0.4 is 20.1 Å². The lowest BCUT2D eigenvalue weighted by Crippen LogP contribution is -2.38. The molecule has 0 spiro atoms. The average Bonchev–Trinajstić information content (AvgIpc) is 2.83. The van der Waals surface area contributed by atoms with Crippen LogP contribution in [0, 0.1) is 0 Å². The van der Waals surface area contributed by atoms with Gasteiger partial charge in [-0.05, 0) is 31.0 Å². The molecule has 1 fully saturated rings. The molecule has 1 aliphatic rings. The van der Waals surface area contributed by atoms with Crippen molar-refractivity contribution >= 4 is 46.4 Å². The summed E-state index contributed by atoms with van der Waals surface area (Å²) < 4.78 is 10.5. The first-order chi connectivity index (χ1) is 15.8. The molecule has 2 amide bonds. The number of halogens is 2. The van der Waals surface area contributed by atoms with Gasteiger partial charge in [0.05, 0.1) is 42.1 Å². The van der Waals surface area contributed by atoms with Gasteiger partial charge in [0.1, 0.15) is 11.5 Å². The minimum atomic E-state index is -0.300. The zero-order valence-electron chi connectivity index (χ0n) is 19.0. The van der Waals surface area contributed by atoms with Crippen LogP contribution in [0.5, 0.6) is 11.5 Å². The van der Waals surface area contributed by atoms with Crippen LogP contribution in [0.3, 0.4) is 0 Å². The maximum atomic E-state index is 12.9. The van der Waals surface area contributed by atoms with Crippen molar-refractivity contribution in [2.24, 2.45) is 0 Å². The molecule has 0 aliphatic heterocycles. The van der Waals surface area contributed by atoms with Crippen molar-refractivity contribution in [2.45, 2.75) is 38.1 Å². The molecule has 2 N–H and O–H groups in total. The van der Waals surface area contributed by atoms with Gasteiger partial charge >= 0.3 is 0 Å². The van der Waals surface area contributed by atoms with Gasteiger partial charge in [0, 0.05) is 30.9 Å². The summed E-state index contributed by atoms with van der Waals surface area (Å²) in [4.78, 5) is 27.2. The van der Waals surface area contributed by atoms with Gasteiger partial charge in [0.15, 0.2) is 0 Å². The van der Waals surface area contributed by atoms with Crippen LogP contribution in [0.2, 0.25) is 10.0 Å². The van der Waals surface area contributed by atoms with Crippen molar-refractivity contribution in [3.63, 3.8) is 0 Å². The number of hydrogen-bond donors (Lipinski definition) is 2. The third kappa shape index (κ3) is 6.24. The number of nitrogens with one attached hydrogen (secondary N) is 2. The van der Waals surface area contributed by atoms with Gasteiger partial charge in [-0.3, -0.25) is 9.59 Å². The standard InChI is InChI=1S/C24H29Cl2N3O4/c1-29(16-7-5-4-6-8-16)24(31)17-10-9-15(11-18(17)25)27-14-23(30)28-20-13-21(32-2)19(26)12-22(20)33-3/h9-13,16,27H,4-8,14H2,1-3H3,(H,28,30). The topological polar surface area (TPSA) is 79.9 Å². The molecule has 9 heteroatoms. The van der Waals surface area contributed by atoms with Crippen molar-refractivity contribution in [1.82, 2.24) is 4.90 Å². The molecule has 0 heterocycles. The predicted molar refractivity (Wildman–Crippen MR) is 132 cm³/mol. The molecule has 1 saturated carbocycles. The number of ether oxygens (including phenoxy) is 2. The van der Waals surface area contributed by atoms with Gasteiger partial charge in [-0.2, -0.15) is 0 Å². The summed E-state index contributed by atoms with van der Waals surface area (Å²) in [6.07, 6.45) is 5.58. The number of anilines is 2. The molecule has 3 rings (SSSR count). The van der Waals surface area contributed by atoms with Crippen LogP contribution in [-0.4, -0.2) is 50.6 Å². The summed E-state index contributed by atoms with van der Waals surface area (Å²) in [6, 6.07) is 8.52. The summed E-state index contributed by atoms with van der Waals surface area (Å²) in [6.45, 7) is -0.0142. The van der Waals surface area contributed by atoms with E-state index in [-0.39, 0.29) is 24.4 Å². The molecule has 0 radical (unpaired) electrons. The van der Waals surface area contributed by atoms with E-state index in [0.717, 1.165) is 25.7 Å². The molecule has 178 valence electrons. The van der Waals surface area contributed by atoms with Crippen LogP contribution >= 0.6 is 23.2 Å².